The molecule has 3 fully saturated rings. The average Bonchev–Trinajstić information content (AvgIpc) is 3.15. The fraction of sp³-hybridized carbons (Fsp3) is 0.750. The molecule has 6 unspecified atom stereocenters. The Morgan fingerprint density at radius 3 is 3.00 bits per heavy atom. The molecule has 19 heavy (non-hydrogen) atoms. The van der Waals surface area contributed by atoms with Gasteiger partial charge in [0.05, 0.1) is 6.26 Å². The summed E-state index contributed by atoms with van der Waals surface area (Å²) in [4.78, 5) is 0. The fourth-order valence-electron chi connectivity index (χ4n) is 5.15. The van der Waals surface area contributed by atoms with Crippen LogP contribution in [0.15, 0.2) is 22.8 Å². The van der Waals surface area contributed by atoms with Gasteiger partial charge in [-0.25, -0.2) is 0 Å². The van der Waals surface area contributed by atoms with Gasteiger partial charge in [0.25, 0.3) is 0 Å². The first kappa shape index (κ1) is 12.0. The molecule has 3 heteroatoms. The molecule has 0 spiro atoms. The highest BCUT2D eigenvalue weighted by Gasteiger charge is 2.53. The predicted octanol–water partition coefficient (Wildman–Crippen LogP) is 2.73. The molecule has 0 radical (unpaired) electrons. The van der Waals surface area contributed by atoms with Gasteiger partial charge in [0.1, 0.15) is 11.9 Å². The van der Waals surface area contributed by atoms with E-state index in [0.717, 1.165) is 23.7 Å². The van der Waals surface area contributed by atoms with Crippen molar-refractivity contribution in [3.63, 3.8) is 0 Å². The molecule has 2 bridgehead atoms. The first-order valence-corrected chi connectivity index (χ1v) is 7.78. The quantitative estimate of drug-likeness (QED) is 0.876. The van der Waals surface area contributed by atoms with Gasteiger partial charge < -0.3 is 14.8 Å². The summed E-state index contributed by atoms with van der Waals surface area (Å²) in [6.07, 6.45) is 8.26. The smallest absolute Gasteiger partial charge is 0.133 e. The lowest BCUT2D eigenvalue weighted by Gasteiger charge is -2.32. The van der Waals surface area contributed by atoms with Gasteiger partial charge in [-0.1, -0.05) is 6.42 Å². The molecule has 0 aliphatic heterocycles. The SMILES string of the molecule is OC(CNC1CC2CC1C1CCCC21)c1ccco1. The number of aliphatic hydroxyl groups excluding tert-OH is 1. The zero-order valence-corrected chi connectivity index (χ0v) is 11.3. The van der Waals surface area contributed by atoms with Gasteiger partial charge >= 0.3 is 0 Å². The van der Waals surface area contributed by atoms with Crippen LogP contribution in [0.25, 0.3) is 0 Å². The number of furan rings is 1. The molecule has 3 saturated carbocycles. The van der Waals surface area contributed by atoms with E-state index in [9.17, 15) is 5.11 Å². The highest BCUT2D eigenvalue weighted by Crippen LogP contribution is 2.58. The van der Waals surface area contributed by atoms with Crippen LogP contribution in [0.2, 0.25) is 0 Å². The van der Waals surface area contributed by atoms with Crippen molar-refractivity contribution < 1.29 is 9.52 Å². The van der Waals surface area contributed by atoms with E-state index in [1.54, 1.807) is 6.26 Å². The summed E-state index contributed by atoms with van der Waals surface area (Å²) < 4.78 is 5.25. The molecule has 3 aliphatic rings. The molecule has 4 rings (SSSR count). The van der Waals surface area contributed by atoms with Gasteiger partial charge in [0.15, 0.2) is 0 Å². The Hall–Kier alpha value is -0.800. The largest absolute Gasteiger partial charge is 0.467 e. The van der Waals surface area contributed by atoms with Gasteiger partial charge in [0, 0.05) is 12.6 Å². The van der Waals surface area contributed by atoms with Gasteiger partial charge in [0.2, 0.25) is 0 Å². The summed E-state index contributed by atoms with van der Waals surface area (Å²) in [6, 6.07) is 4.31. The molecule has 3 aliphatic carbocycles. The molecular formula is C16H23NO2. The van der Waals surface area contributed by atoms with Gasteiger partial charge in [-0.05, 0) is 61.5 Å². The van der Waals surface area contributed by atoms with E-state index < -0.39 is 6.10 Å². The Balaban J connectivity index is 1.35. The first-order chi connectivity index (χ1) is 9.33. The standard InChI is InChI=1S/C16H23NO2/c18-15(16-5-2-6-19-16)9-17-14-8-10-7-13(14)12-4-1-3-11(10)12/h2,5-6,10-15,17-18H,1,3-4,7-9H2. The minimum absolute atomic E-state index is 0.506. The number of aliphatic hydroxyl groups is 1. The Morgan fingerprint density at radius 1 is 1.26 bits per heavy atom. The average molecular weight is 261 g/mol. The first-order valence-electron chi connectivity index (χ1n) is 7.78. The number of rotatable bonds is 4. The number of hydrogen-bond acceptors (Lipinski definition) is 3. The van der Waals surface area contributed by atoms with Crippen molar-refractivity contribution in [3.8, 4) is 0 Å². The third kappa shape index (κ3) is 1.95. The van der Waals surface area contributed by atoms with Crippen LogP contribution in [0, 0.1) is 23.7 Å². The number of hydrogen-bond donors (Lipinski definition) is 2. The van der Waals surface area contributed by atoms with Gasteiger partial charge in [-0.3, -0.25) is 0 Å². The molecule has 0 amide bonds. The molecule has 2 N–H and O–H groups in total. The summed E-state index contributed by atoms with van der Waals surface area (Å²) >= 11 is 0. The van der Waals surface area contributed by atoms with E-state index in [-0.39, 0.29) is 0 Å². The van der Waals surface area contributed by atoms with Crippen molar-refractivity contribution in [1.29, 1.82) is 0 Å². The summed E-state index contributed by atoms with van der Waals surface area (Å²) in [5.41, 5.74) is 0. The molecule has 1 aromatic rings. The maximum absolute atomic E-state index is 10.1. The molecule has 0 aromatic carbocycles. The van der Waals surface area contributed by atoms with Crippen molar-refractivity contribution >= 4 is 0 Å². The van der Waals surface area contributed by atoms with Crippen LogP contribution >= 0.6 is 0 Å². The zero-order valence-electron chi connectivity index (χ0n) is 11.3. The lowest BCUT2D eigenvalue weighted by atomic mass is 9.79. The van der Waals surface area contributed by atoms with Crippen LogP contribution in [0.3, 0.4) is 0 Å². The Morgan fingerprint density at radius 2 is 2.16 bits per heavy atom. The van der Waals surface area contributed by atoms with Crippen LogP contribution in [0.1, 0.15) is 44.0 Å². The number of nitrogens with one attached hydrogen (secondary N) is 1. The minimum atomic E-state index is -0.506. The van der Waals surface area contributed by atoms with Gasteiger partial charge in [-0.2, -0.15) is 0 Å². The van der Waals surface area contributed by atoms with Crippen LogP contribution in [0.5, 0.6) is 0 Å². The molecule has 104 valence electrons. The second-order valence-corrected chi connectivity index (χ2v) is 6.70. The second-order valence-electron chi connectivity index (χ2n) is 6.70. The lowest BCUT2D eigenvalue weighted by molar-refractivity contribution is 0.129. The summed E-state index contributed by atoms with van der Waals surface area (Å²) in [5, 5.41) is 13.7. The highest BCUT2D eigenvalue weighted by molar-refractivity contribution is 5.07. The van der Waals surface area contributed by atoms with Crippen molar-refractivity contribution in [3.05, 3.63) is 24.2 Å². The summed E-state index contributed by atoms with van der Waals surface area (Å²) in [6.45, 7) is 0.624. The van der Waals surface area contributed by atoms with Crippen LogP contribution in [-0.2, 0) is 0 Å². The Labute approximate surface area is 114 Å². The van der Waals surface area contributed by atoms with E-state index in [2.05, 4.69) is 5.32 Å². The molecule has 0 saturated heterocycles. The van der Waals surface area contributed by atoms with Crippen LogP contribution in [0.4, 0.5) is 0 Å². The van der Waals surface area contributed by atoms with E-state index in [0.29, 0.717) is 18.3 Å². The van der Waals surface area contributed by atoms with Crippen molar-refractivity contribution in [1.82, 2.24) is 5.32 Å². The molecule has 3 nitrogen and oxygen atoms in total. The fourth-order valence-corrected chi connectivity index (χ4v) is 5.15. The molecule has 1 aromatic heterocycles. The van der Waals surface area contributed by atoms with Gasteiger partial charge in [-0.15, -0.1) is 0 Å². The van der Waals surface area contributed by atoms with E-state index >= 15 is 0 Å². The van der Waals surface area contributed by atoms with Crippen molar-refractivity contribution in [2.75, 3.05) is 6.54 Å². The summed E-state index contributed by atoms with van der Waals surface area (Å²) in [5.74, 6) is 4.54. The Bertz CT molecular complexity index is 430. The number of fused-ring (bicyclic) bond motifs is 5. The maximum Gasteiger partial charge on any atom is 0.133 e. The second kappa shape index (κ2) is 4.64. The predicted molar refractivity (Wildman–Crippen MR) is 72.5 cm³/mol. The molecular weight excluding hydrogens is 238 g/mol. The normalized spacial score (nSPS) is 41.6. The molecule has 6 atom stereocenters. The van der Waals surface area contributed by atoms with Crippen molar-refractivity contribution in [2.24, 2.45) is 23.7 Å². The van der Waals surface area contributed by atoms with E-state index in [1.807, 2.05) is 12.1 Å². The monoisotopic (exact) mass is 261 g/mol. The van der Waals surface area contributed by atoms with Crippen LogP contribution < -0.4 is 5.32 Å². The third-order valence-electron chi connectivity index (χ3n) is 5.87. The maximum atomic E-state index is 10.1. The highest BCUT2D eigenvalue weighted by atomic mass is 16.4. The lowest BCUT2D eigenvalue weighted by Crippen LogP contribution is -2.41. The van der Waals surface area contributed by atoms with E-state index in [4.69, 9.17) is 4.42 Å². The zero-order chi connectivity index (χ0) is 12.8. The Kier molecular flexibility index (Phi) is 2.92. The summed E-state index contributed by atoms with van der Waals surface area (Å²) in [7, 11) is 0. The van der Waals surface area contributed by atoms with E-state index in [1.165, 1.54) is 32.1 Å². The topological polar surface area (TPSA) is 45.4 Å². The third-order valence-corrected chi connectivity index (χ3v) is 5.87. The minimum Gasteiger partial charge on any atom is -0.467 e. The molecule has 1 heterocycles. The van der Waals surface area contributed by atoms with Crippen molar-refractivity contribution in [2.45, 2.75) is 44.2 Å². The van der Waals surface area contributed by atoms with Crippen LogP contribution in [-0.4, -0.2) is 17.7 Å².